The summed E-state index contributed by atoms with van der Waals surface area (Å²) in [4.78, 5) is 10.8. The number of alkyl halides is 1. The number of hydrogen-bond donors (Lipinski definition) is 0. The Hall–Kier alpha value is -0.110. The molecule has 0 amide bonds. The van der Waals surface area contributed by atoms with E-state index in [2.05, 4.69) is 15.9 Å². The number of allylic oxidation sites excluding steroid dienone is 2. The standard InChI is InChI=1S/C7H11BrO/c1-6(2)7(9)4-3-5-8/h3-4,6H,5H2,1-2H3/b4-3+. The zero-order valence-corrected chi connectivity index (χ0v) is 7.31. The van der Waals surface area contributed by atoms with E-state index in [1.807, 2.05) is 19.9 Å². The minimum absolute atomic E-state index is 0.125. The molecule has 0 saturated heterocycles. The number of ketones is 1. The molecule has 0 aromatic carbocycles. The zero-order chi connectivity index (χ0) is 7.28. The van der Waals surface area contributed by atoms with Crippen molar-refractivity contribution in [3.8, 4) is 0 Å². The van der Waals surface area contributed by atoms with Gasteiger partial charge in [0, 0.05) is 11.2 Å². The lowest BCUT2D eigenvalue weighted by Gasteiger charge is -1.94. The third-order valence-electron chi connectivity index (χ3n) is 0.940. The third-order valence-corrected chi connectivity index (χ3v) is 1.31. The zero-order valence-electron chi connectivity index (χ0n) is 5.73. The molecule has 9 heavy (non-hydrogen) atoms. The maximum atomic E-state index is 10.8. The molecule has 2 heteroatoms. The van der Waals surface area contributed by atoms with Crippen molar-refractivity contribution in [3.63, 3.8) is 0 Å². The van der Waals surface area contributed by atoms with Crippen molar-refractivity contribution >= 4 is 21.7 Å². The average Bonchev–Trinajstić information content (AvgIpc) is 1.82. The van der Waals surface area contributed by atoms with E-state index in [0.717, 1.165) is 5.33 Å². The summed E-state index contributed by atoms with van der Waals surface area (Å²) in [5, 5.41) is 0.755. The molecule has 0 saturated carbocycles. The Morgan fingerprint density at radius 3 is 2.56 bits per heavy atom. The van der Waals surface area contributed by atoms with Crippen molar-refractivity contribution in [2.75, 3.05) is 5.33 Å². The predicted molar refractivity (Wildman–Crippen MR) is 42.8 cm³/mol. The lowest BCUT2D eigenvalue weighted by atomic mass is 10.1. The number of rotatable bonds is 3. The van der Waals surface area contributed by atoms with Gasteiger partial charge in [0.15, 0.2) is 5.78 Å². The fraction of sp³-hybridized carbons (Fsp3) is 0.571. The predicted octanol–water partition coefficient (Wildman–Crippen LogP) is 2.16. The molecular weight excluding hydrogens is 180 g/mol. The van der Waals surface area contributed by atoms with Crippen molar-refractivity contribution in [1.82, 2.24) is 0 Å². The first-order chi connectivity index (χ1) is 4.18. The molecule has 0 N–H and O–H groups in total. The van der Waals surface area contributed by atoms with Gasteiger partial charge in [-0.1, -0.05) is 35.9 Å². The summed E-state index contributed by atoms with van der Waals surface area (Å²) in [6.07, 6.45) is 3.42. The second kappa shape index (κ2) is 4.74. The van der Waals surface area contributed by atoms with Crippen molar-refractivity contribution in [1.29, 1.82) is 0 Å². The Kier molecular flexibility index (Phi) is 4.68. The summed E-state index contributed by atoms with van der Waals surface area (Å²) in [6, 6.07) is 0. The second-order valence-electron chi connectivity index (χ2n) is 2.11. The van der Waals surface area contributed by atoms with Gasteiger partial charge in [-0.25, -0.2) is 0 Å². The molecule has 0 spiro atoms. The molecule has 0 radical (unpaired) electrons. The molecule has 0 aliphatic carbocycles. The average molecular weight is 191 g/mol. The van der Waals surface area contributed by atoms with E-state index in [0.29, 0.717) is 0 Å². The summed E-state index contributed by atoms with van der Waals surface area (Å²) < 4.78 is 0. The van der Waals surface area contributed by atoms with Crippen LogP contribution in [-0.4, -0.2) is 11.1 Å². The SMILES string of the molecule is CC(C)C(=O)/C=C/CBr. The molecule has 0 aromatic heterocycles. The first-order valence-electron chi connectivity index (χ1n) is 2.95. The molecule has 1 nitrogen and oxygen atoms in total. The molecule has 0 atom stereocenters. The number of carbonyl (C=O) groups excluding carboxylic acids is 1. The van der Waals surface area contributed by atoms with Crippen LogP contribution in [0.5, 0.6) is 0 Å². The quantitative estimate of drug-likeness (QED) is 0.493. The minimum atomic E-state index is 0.125. The van der Waals surface area contributed by atoms with Gasteiger partial charge in [0.1, 0.15) is 0 Å². The number of carbonyl (C=O) groups is 1. The van der Waals surface area contributed by atoms with Crippen LogP contribution in [0.4, 0.5) is 0 Å². The largest absolute Gasteiger partial charge is 0.295 e. The van der Waals surface area contributed by atoms with Gasteiger partial charge in [-0.15, -0.1) is 0 Å². The van der Waals surface area contributed by atoms with Crippen LogP contribution in [0.3, 0.4) is 0 Å². The fourth-order valence-corrected chi connectivity index (χ4v) is 0.540. The van der Waals surface area contributed by atoms with Crippen LogP contribution >= 0.6 is 15.9 Å². The van der Waals surface area contributed by atoms with Gasteiger partial charge in [0.05, 0.1) is 0 Å². The second-order valence-corrected chi connectivity index (χ2v) is 2.76. The fourth-order valence-electron chi connectivity index (χ4n) is 0.353. The highest BCUT2D eigenvalue weighted by Gasteiger charge is 1.99. The molecule has 0 aliphatic heterocycles. The van der Waals surface area contributed by atoms with Crippen LogP contribution in [0.1, 0.15) is 13.8 Å². The van der Waals surface area contributed by atoms with Crippen molar-refractivity contribution in [3.05, 3.63) is 12.2 Å². The molecule has 0 rings (SSSR count). The molecule has 0 heterocycles. The normalized spacial score (nSPS) is 11.1. The highest BCUT2D eigenvalue weighted by molar-refractivity contribution is 9.09. The van der Waals surface area contributed by atoms with Crippen molar-refractivity contribution in [2.45, 2.75) is 13.8 Å². The molecule has 0 bridgehead atoms. The Morgan fingerprint density at radius 1 is 1.67 bits per heavy atom. The monoisotopic (exact) mass is 190 g/mol. The molecule has 0 aromatic rings. The van der Waals surface area contributed by atoms with Crippen molar-refractivity contribution in [2.24, 2.45) is 5.92 Å². The van der Waals surface area contributed by atoms with Gasteiger partial charge < -0.3 is 0 Å². The summed E-state index contributed by atoms with van der Waals surface area (Å²) in [7, 11) is 0. The molecule has 52 valence electrons. The summed E-state index contributed by atoms with van der Waals surface area (Å²) in [5.74, 6) is 0.315. The lowest BCUT2D eigenvalue weighted by Crippen LogP contribution is -2.01. The summed E-state index contributed by atoms with van der Waals surface area (Å²) in [5.41, 5.74) is 0. The molecular formula is C7H11BrO. The van der Waals surface area contributed by atoms with Gasteiger partial charge in [-0.05, 0) is 6.08 Å². The maximum Gasteiger partial charge on any atom is 0.157 e. The van der Waals surface area contributed by atoms with E-state index in [1.54, 1.807) is 6.08 Å². The van der Waals surface area contributed by atoms with Gasteiger partial charge in [0.25, 0.3) is 0 Å². The topological polar surface area (TPSA) is 17.1 Å². The first-order valence-corrected chi connectivity index (χ1v) is 4.07. The Labute approximate surface area is 64.3 Å². The van der Waals surface area contributed by atoms with Crippen molar-refractivity contribution < 1.29 is 4.79 Å². The van der Waals surface area contributed by atoms with Gasteiger partial charge in [0.2, 0.25) is 0 Å². The third kappa shape index (κ3) is 4.40. The van der Waals surface area contributed by atoms with Gasteiger partial charge in [-0.3, -0.25) is 4.79 Å². The highest BCUT2D eigenvalue weighted by Crippen LogP contribution is 1.95. The van der Waals surface area contributed by atoms with E-state index >= 15 is 0 Å². The van der Waals surface area contributed by atoms with E-state index in [4.69, 9.17) is 0 Å². The van der Waals surface area contributed by atoms with E-state index in [9.17, 15) is 4.79 Å². The first kappa shape index (κ1) is 8.89. The number of halogens is 1. The molecule has 0 unspecified atom stereocenters. The van der Waals surface area contributed by atoms with E-state index < -0.39 is 0 Å². The number of hydrogen-bond acceptors (Lipinski definition) is 1. The van der Waals surface area contributed by atoms with Crippen LogP contribution in [0.15, 0.2) is 12.2 Å². The minimum Gasteiger partial charge on any atom is -0.295 e. The molecule has 0 aliphatic rings. The van der Waals surface area contributed by atoms with E-state index in [-0.39, 0.29) is 11.7 Å². The van der Waals surface area contributed by atoms with Crippen LogP contribution in [0.25, 0.3) is 0 Å². The Morgan fingerprint density at radius 2 is 2.22 bits per heavy atom. The van der Waals surface area contributed by atoms with Crippen LogP contribution in [-0.2, 0) is 4.79 Å². The van der Waals surface area contributed by atoms with Crippen LogP contribution < -0.4 is 0 Å². The summed E-state index contributed by atoms with van der Waals surface area (Å²) in [6.45, 7) is 3.78. The lowest BCUT2D eigenvalue weighted by molar-refractivity contribution is -0.117. The Balaban J connectivity index is 3.63. The van der Waals surface area contributed by atoms with Gasteiger partial charge >= 0.3 is 0 Å². The van der Waals surface area contributed by atoms with E-state index in [1.165, 1.54) is 0 Å². The maximum absolute atomic E-state index is 10.8. The Bertz CT molecular complexity index is 116. The summed E-state index contributed by atoms with van der Waals surface area (Å²) >= 11 is 3.19. The van der Waals surface area contributed by atoms with Crippen LogP contribution in [0.2, 0.25) is 0 Å². The highest BCUT2D eigenvalue weighted by atomic mass is 79.9. The van der Waals surface area contributed by atoms with Gasteiger partial charge in [-0.2, -0.15) is 0 Å². The molecule has 0 fully saturated rings. The van der Waals surface area contributed by atoms with Crippen LogP contribution in [0, 0.1) is 5.92 Å². The smallest absolute Gasteiger partial charge is 0.157 e.